The number of hydrogen-bond acceptors (Lipinski definition) is 0. The first-order valence-corrected chi connectivity index (χ1v) is 6.65. The standard InChI is InChI=1S/C15H26/c1-10(2)13-8-9-15(5)11(3)6-7-14(15)12(13)4/h10-11,13-14H,4,6-9H2,1-3,5H3. The highest BCUT2D eigenvalue weighted by Crippen LogP contribution is 2.59. The Labute approximate surface area is 95.1 Å². The van der Waals surface area contributed by atoms with E-state index in [2.05, 4.69) is 34.3 Å². The molecular formula is C15H26. The molecule has 0 heterocycles. The molecule has 2 aliphatic rings. The van der Waals surface area contributed by atoms with Gasteiger partial charge in [-0.15, -0.1) is 0 Å². The summed E-state index contributed by atoms with van der Waals surface area (Å²) in [6, 6.07) is 0. The summed E-state index contributed by atoms with van der Waals surface area (Å²) >= 11 is 0. The van der Waals surface area contributed by atoms with E-state index in [-0.39, 0.29) is 0 Å². The van der Waals surface area contributed by atoms with Gasteiger partial charge in [0.05, 0.1) is 0 Å². The largest absolute Gasteiger partial charge is 0.0993 e. The van der Waals surface area contributed by atoms with E-state index in [9.17, 15) is 0 Å². The Balaban J connectivity index is 2.21. The summed E-state index contributed by atoms with van der Waals surface area (Å²) in [7, 11) is 0. The molecule has 2 rings (SSSR count). The quantitative estimate of drug-likeness (QED) is 0.547. The van der Waals surface area contributed by atoms with E-state index in [4.69, 9.17) is 0 Å². The summed E-state index contributed by atoms with van der Waals surface area (Å²) < 4.78 is 0. The molecule has 4 unspecified atom stereocenters. The van der Waals surface area contributed by atoms with Gasteiger partial charge in [0.1, 0.15) is 0 Å². The van der Waals surface area contributed by atoms with Crippen LogP contribution in [0, 0.1) is 29.1 Å². The average Bonchev–Trinajstić information content (AvgIpc) is 2.44. The van der Waals surface area contributed by atoms with Gasteiger partial charge in [0.15, 0.2) is 0 Å². The Kier molecular flexibility index (Phi) is 2.73. The average molecular weight is 206 g/mol. The molecule has 2 aliphatic carbocycles. The second-order valence-electron chi connectivity index (χ2n) is 6.50. The molecule has 0 spiro atoms. The van der Waals surface area contributed by atoms with Crippen molar-refractivity contribution in [3.05, 3.63) is 12.2 Å². The summed E-state index contributed by atoms with van der Waals surface area (Å²) in [6.45, 7) is 14.1. The van der Waals surface area contributed by atoms with Crippen molar-refractivity contribution in [1.29, 1.82) is 0 Å². The van der Waals surface area contributed by atoms with Crippen molar-refractivity contribution in [3.63, 3.8) is 0 Å². The van der Waals surface area contributed by atoms with Crippen LogP contribution in [0.15, 0.2) is 12.2 Å². The number of fused-ring (bicyclic) bond motifs is 1. The normalized spacial score (nSPS) is 45.9. The van der Waals surface area contributed by atoms with E-state index in [0.29, 0.717) is 5.41 Å². The van der Waals surface area contributed by atoms with Crippen molar-refractivity contribution in [1.82, 2.24) is 0 Å². The van der Waals surface area contributed by atoms with Gasteiger partial charge in [-0.2, -0.15) is 0 Å². The molecule has 0 aromatic carbocycles. The topological polar surface area (TPSA) is 0 Å². The van der Waals surface area contributed by atoms with Crippen molar-refractivity contribution < 1.29 is 0 Å². The van der Waals surface area contributed by atoms with Crippen molar-refractivity contribution in [2.75, 3.05) is 0 Å². The van der Waals surface area contributed by atoms with Crippen LogP contribution in [0.5, 0.6) is 0 Å². The van der Waals surface area contributed by atoms with Gasteiger partial charge < -0.3 is 0 Å². The molecule has 0 amide bonds. The fourth-order valence-electron chi connectivity index (χ4n) is 4.12. The molecule has 2 saturated carbocycles. The Bertz CT molecular complexity index is 263. The van der Waals surface area contributed by atoms with Crippen LogP contribution in [-0.4, -0.2) is 0 Å². The van der Waals surface area contributed by atoms with Gasteiger partial charge in [-0.25, -0.2) is 0 Å². The predicted octanol–water partition coefficient (Wildman–Crippen LogP) is 4.66. The van der Waals surface area contributed by atoms with E-state index in [1.165, 1.54) is 25.7 Å². The minimum atomic E-state index is 0.586. The molecule has 0 N–H and O–H groups in total. The molecule has 0 radical (unpaired) electrons. The van der Waals surface area contributed by atoms with Gasteiger partial charge >= 0.3 is 0 Å². The fraction of sp³-hybridized carbons (Fsp3) is 0.867. The second kappa shape index (κ2) is 3.64. The molecule has 0 aromatic rings. The first-order chi connectivity index (χ1) is 6.97. The molecule has 0 heteroatoms. The molecule has 2 fully saturated rings. The van der Waals surface area contributed by atoms with Crippen molar-refractivity contribution >= 4 is 0 Å². The van der Waals surface area contributed by atoms with E-state index >= 15 is 0 Å². The number of rotatable bonds is 1. The highest BCUT2D eigenvalue weighted by atomic mass is 14.5. The van der Waals surface area contributed by atoms with Crippen LogP contribution < -0.4 is 0 Å². The smallest absolute Gasteiger partial charge is 0.0146 e. The minimum absolute atomic E-state index is 0.586. The van der Waals surface area contributed by atoms with Gasteiger partial charge in [0.25, 0.3) is 0 Å². The van der Waals surface area contributed by atoms with Crippen molar-refractivity contribution in [2.24, 2.45) is 29.1 Å². The first kappa shape index (κ1) is 11.2. The second-order valence-corrected chi connectivity index (χ2v) is 6.50. The molecule has 15 heavy (non-hydrogen) atoms. The van der Waals surface area contributed by atoms with Crippen LogP contribution in [0.4, 0.5) is 0 Å². The van der Waals surface area contributed by atoms with Crippen molar-refractivity contribution in [2.45, 2.75) is 53.4 Å². The van der Waals surface area contributed by atoms with E-state index < -0.39 is 0 Å². The summed E-state index contributed by atoms with van der Waals surface area (Å²) in [5.74, 6) is 3.33. The fourth-order valence-corrected chi connectivity index (χ4v) is 4.12. The SMILES string of the molecule is C=C1C(C(C)C)CCC2(C)C(C)CCC12. The van der Waals surface area contributed by atoms with Gasteiger partial charge in [-0.3, -0.25) is 0 Å². The maximum atomic E-state index is 4.44. The van der Waals surface area contributed by atoms with Crippen molar-refractivity contribution in [3.8, 4) is 0 Å². The first-order valence-electron chi connectivity index (χ1n) is 6.65. The number of allylic oxidation sites excluding steroid dienone is 1. The maximum absolute atomic E-state index is 4.44. The van der Waals surface area contributed by atoms with Crippen LogP contribution >= 0.6 is 0 Å². The highest BCUT2D eigenvalue weighted by molar-refractivity contribution is 5.18. The third-order valence-electron chi connectivity index (χ3n) is 5.53. The van der Waals surface area contributed by atoms with Crippen LogP contribution in [0.1, 0.15) is 53.4 Å². The lowest BCUT2D eigenvalue weighted by atomic mass is 9.59. The molecular weight excluding hydrogens is 180 g/mol. The minimum Gasteiger partial charge on any atom is -0.0993 e. The third-order valence-corrected chi connectivity index (χ3v) is 5.53. The lowest BCUT2D eigenvalue weighted by molar-refractivity contribution is 0.112. The van der Waals surface area contributed by atoms with Crippen LogP contribution in [0.3, 0.4) is 0 Å². The lowest BCUT2D eigenvalue weighted by Gasteiger charge is -2.45. The van der Waals surface area contributed by atoms with Crippen LogP contribution in [0.25, 0.3) is 0 Å². The Morgan fingerprint density at radius 1 is 1.27 bits per heavy atom. The molecule has 0 saturated heterocycles. The zero-order valence-corrected chi connectivity index (χ0v) is 10.8. The van der Waals surface area contributed by atoms with E-state index in [1.54, 1.807) is 5.57 Å². The van der Waals surface area contributed by atoms with E-state index in [1.807, 2.05) is 0 Å². The molecule has 4 atom stereocenters. The molecule has 0 nitrogen and oxygen atoms in total. The highest BCUT2D eigenvalue weighted by Gasteiger charge is 2.49. The molecule has 0 aliphatic heterocycles. The van der Waals surface area contributed by atoms with Gasteiger partial charge in [0.2, 0.25) is 0 Å². The monoisotopic (exact) mass is 206 g/mol. The molecule has 86 valence electrons. The molecule has 0 bridgehead atoms. The van der Waals surface area contributed by atoms with E-state index in [0.717, 1.165) is 23.7 Å². The lowest BCUT2D eigenvalue weighted by Crippen LogP contribution is -2.36. The zero-order valence-electron chi connectivity index (χ0n) is 10.8. The van der Waals surface area contributed by atoms with Gasteiger partial charge in [0, 0.05) is 0 Å². The Morgan fingerprint density at radius 2 is 1.93 bits per heavy atom. The summed E-state index contributed by atoms with van der Waals surface area (Å²) in [5, 5.41) is 0. The molecule has 0 aromatic heterocycles. The summed E-state index contributed by atoms with van der Waals surface area (Å²) in [5.41, 5.74) is 2.17. The zero-order chi connectivity index (χ0) is 11.2. The number of hydrogen-bond donors (Lipinski definition) is 0. The van der Waals surface area contributed by atoms with Crippen LogP contribution in [-0.2, 0) is 0 Å². The predicted molar refractivity (Wildman–Crippen MR) is 66.7 cm³/mol. The summed E-state index contributed by atoms with van der Waals surface area (Å²) in [4.78, 5) is 0. The van der Waals surface area contributed by atoms with Gasteiger partial charge in [-0.1, -0.05) is 39.8 Å². The third kappa shape index (κ3) is 1.57. The maximum Gasteiger partial charge on any atom is -0.0146 e. The Hall–Kier alpha value is -0.260. The summed E-state index contributed by atoms with van der Waals surface area (Å²) in [6.07, 6.45) is 5.64. The van der Waals surface area contributed by atoms with Gasteiger partial charge in [-0.05, 0) is 54.8 Å². The Morgan fingerprint density at radius 3 is 2.53 bits per heavy atom. The van der Waals surface area contributed by atoms with Crippen LogP contribution in [0.2, 0.25) is 0 Å².